The molecule has 0 unspecified atom stereocenters. The van der Waals surface area contributed by atoms with Crippen LogP contribution in [0.1, 0.15) is 5.56 Å². The minimum atomic E-state index is -4.15. The summed E-state index contributed by atoms with van der Waals surface area (Å²) in [5.74, 6) is 1.11. The van der Waals surface area contributed by atoms with Crippen molar-refractivity contribution in [3.8, 4) is 23.0 Å². The van der Waals surface area contributed by atoms with Gasteiger partial charge >= 0.3 is 0 Å². The highest BCUT2D eigenvalue weighted by Crippen LogP contribution is 2.33. The van der Waals surface area contributed by atoms with Crippen LogP contribution in [0.15, 0.2) is 76.7 Å². The Morgan fingerprint density at radius 1 is 1.00 bits per heavy atom. The quantitative estimate of drug-likeness (QED) is 0.347. The second kappa shape index (κ2) is 11.0. The number of nitrogens with one attached hydrogen (secondary N) is 1. The van der Waals surface area contributed by atoms with Gasteiger partial charge in [-0.15, -0.1) is 0 Å². The van der Waals surface area contributed by atoms with E-state index in [-0.39, 0.29) is 10.6 Å². The van der Waals surface area contributed by atoms with Crippen LogP contribution in [-0.2, 0) is 14.8 Å². The fraction of sp³-hybridized carbons (Fsp3) is 0.200. The lowest BCUT2D eigenvalue weighted by atomic mass is 10.2. The van der Waals surface area contributed by atoms with E-state index in [1.54, 1.807) is 48.5 Å². The number of fused-ring (bicyclic) bond motifs is 1. The Balaban J connectivity index is 1.56. The van der Waals surface area contributed by atoms with Gasteiger partial charge in [0.1, 0.15) is 19.8 Å². The standard InChI is InChI=1S/C25H25N3O7S/c1-32-21-12-11-20(15-23(21)33-2)36(30,31)28(19-8-4-3-5-9-19)17-24(29)27-26-16-18-7-6-10-22-25(18)35-14-13-34-22/h3-12,15-16H,13-14,17H2,1-2H3,(H,27,29)/b26-16-. The minimum Gasteiger partial charge on any atom is -0.493 e. The summed E-state index contributed by atoms with van der Waals surface area (Å²) in [4.78, 5) is 12.7. The largest absolute Gasteiger partial charge is 0.493 e. The predicted molar refractivity (Wildman–Crippen MR) is 134 cm³/mol. The van der Waals surface area contributed by atoms with Crippen molar-refractivity contribution in [3.05, 3.63) is 72.3 Å². The van der Waals surface area contributed by atoms with Gasteiger partial charge in [-0.25, -0.2) is 13.8 Å². The molecule has 3 aromatic carbocycles. The summed E-state index contributed by atoms with van der Waals surface area (Å²) < 4.78 is 49.8. The Bertz CT molecular complexity index is 1360. The third-order valence-corrected chi connectivity index (χ3v) is 7.03. The highest BCUT2D eigenvalue weighted by atomic mass is 32.2. The molecule has 188 valence electrons. The Kier molecular flexibility index (Phi) is 7.59. The molecule has 1 heterocycles. The van der Waals surface area contributed by atoms with Gasteiger partial charge in [-0.2, -0.15) is 5.10 Å². The number of methoxy groups -OCH3 is 2. The number of hydrogen-bond donors (Lipinski definition) is 1. The van der Waals surface area contributed by atoms with Crippen molar-refractivity contribution in [2.75, 3.05) is 38.3 Å². The van der Waals surface area contributed by atoms with Crippen molar-refractivity contribution in [2.24, 2.45) is 5.10 Å². The fourth-order valence-electron chi connectivity index (χ4n) is 3.55. The lowest BCUT2D eigenvalue weighted by Gasteiger charge is -2.24. The molecular formula is C25H25N3O7S. The predicted octanol–water partition coefficient (Wildman–Crippen LogP) is 2.82. The molecule has 11 heteroatoms. The average Bonchev–Trinajstić information content (AvgIpc) is 2.91. The monoisotopic (exact) mass is 511 g/mol. The Morgan fingerprint density at radius 3 is 2.50 bits per heavy atom. The molecule has 0 aromatic heterocycles. The van der Waals surface area contributed by atoms with Gasteiger partial charge in [0.15, 0.2) is 23.0 Å². The molecule has 3 aromatic rings. The lowest BCUT2D eigenvalue weighted by Crippen LogP contribution is -2.39. The summed E-state index contributed by atoms with van der Waals surface area (Å²) in [6, 6.07) is 17.9. The molecule has 0 aliphatic carbocycles. The molecule has 0 atom stereocenters. The van der Waals surface area contributed by atoms with Crippen LogP contribution in [-0.4, -0.2) is 54.5 Å². The van der Waals surface area contributed by atoms with E-state index in [0.717, 1.165) is 4.31 Å². The van der Waals surface area contributed by atoms with Crippen LogP contribution in [0.5, 0.6) is 23.0 Å². The fourth-order valence-corrected chi connectivity index (χ4v) is 4.99. The first-order valence-corrected chi connectivity index (χ1v) is 12.4. The number of nitrogens with zero attached hydrogens (tertiary/aromatic N) is 2. The Labute approximate surface area is 209 Å². The Morgan fingerprint density at radius 2 is 1.75 bits per heavy atom. The van der Waals surface area contributed by atoms with Crippen molar-refractivity contribution in [3.63, 3.8) is 0 Å². The first-order chi connectivity index (χ1) is 17.4. The molecule has 4 rings (SSSR count). The molecular weight excluding hydrogens is 486 g/mol. The Hall–Kier alpha value is -4.25. The molecule has 0 fully saturated rings. The van der Waals surface area contributed by atoms with Gasteiger partial charge in [0, 0.05) is 11.6 Å². The van der Waals surface area contributed by atoms with Crippen LogP contribution in [0.3, 0.4) is 0 Å². The van der Waals surface area contributed by atoms with Gasteiger partial charge in [0.25, 0.3) is 15.9 Å². The summed E-state index contributed by atoms with van der Waals surface area (Å²) in [6.45, 7) is 0.350. The normalized spacial score (nSPS) is 12.7. The van der Waals surface area contributed by atoms with E-state index in [1.165, 1.54) is 38.6 Å². The van der Waals surface area contributed by atoms with Crippen LogP contribution in [0.25, 0.3) is 0 Å². The summed E-state index contributed by atoms with van der Waals surface area (Å²) in [7, 11) is -1.28. The van der Waals surface area contributed by atoms with Crippen molar-refractivity contribution in [2.45, 2.75) is 4.90 Å². The summed E-state index contributed by atoms with van der Waals surface area (Å²) in [5, 5.41) is 3.98. The van der Waals surface area contributed by atoms with Gasteiger partial charge in [-0.1, -0.05) is 24.3 Å². The van der Waals surface area contributed by atoms with E-state index in [2.05, 4.69) is 10.5 Å². The van der Waals surface area contributed by atoms with Crippen LogP contribution in [0.4, 0.5) is 5.69 Å². The number of anilines is 1. The molecule has 1 aliphatic heterocycles. The van der Waals surface area contributed by atoms with E-state index in [9.17, 15) is 13.2 Å². The van der Waals surface area contributed by atoms with Crippen molar-refractivity contribution < 1.29 is 32.2 Å². The number of ether oxygens (including phenoxy) is 4. The van der Waals surface area contributed by atoms with Gasteiger partial charge in [0.2, 0.25) is 0 Å². The maximum absolute atomic E-state index is 13.6. The molecule has 0 bridgehead atoms. The highest BCUT2D eigenvalue weighted by Gasteiger charge is 2.28. The molecule has 1 aliphatic rings. The number of carbonyl (C=O) groups excluding carboxylic acids is 1. The average molecular weight is 512 g/mol. The second-order valence-corrected chi connectivity index (χ2v) is 9.39. The second-order valence-electron chi connectivity index (χ2n) is 7.53. The number of rotatable bonds is 9. The van der Waals surface area contributed by atoms with Crippen molar-refractivity contribution >= 4 is 27.8 Å². The van der Waals surface area contributed by atoms with Crippen LogP contribution in [0, 0.1) is 0 Å². The van der Waals surface area contributed by atoms with E-state index in [1.807, 2.05) is 0 Å². The van der Waals surface area contributed by atoms with Gasteiger partial charge < -0.3 is 18.9 Å². The van der Waals surface area contributed by atoms with E-state index >= 15 is 0 Å². The number of hydrogen-bond acceptors (Lipinski definition) is 8. The number of sulfonamides is 1. The number of benzene rings is 3. The molecule has 36 heavy (non-hydrogen) atoms. The first kappa shape index (κ1) is 24.9. The number of carbonyl (C=O) groups is 1. The van der Waals surface area contributed by atoms with Crippen LogP contribution in [0.2, 0.25) is 0 Å². The molecule has 0 spiro atoms. The maximum atomic E-state index is 13.6. The topological polar surface area (TPSA) is 116 Å². The molecule has 0 saturated carbocycles. The van der Waals surface area contributed by atoms with Gasteiger partial charge in [0.05, 0.1) is 31.0 Å². The zero-order chi connectivity index (χ0) is 25.5. The third-order valence-electron chi connectivity index (χ3n) is 5.26. The summed E-state index contributed by atoms with van der Waals surface area (Å²) >= 11 is 0. The number of hydrazone groups is 1. The van der Waals surface area contributed by atoms with E-state index in [4.69, 9.17) is 18.9 Å². The van der Waals surface area contributed by atoms with Crippen LogP contribution < -0.4 is 28.7 Å². The first-order valence-electron chi connectivity index (χ1n) is 10.9. The van der Waals surface area contributed by atoms with Crippen LogP contribution >= 0.6 is 0 Å². The smallest absolute Gasteiger partial charge is 0.264 e. The van der Waals surface area contributed by atoms with Crippen molar-refractivity contribution in [1.29, 1.82) is 0 Å². The molecule has 0 saturated heterocycles. The summed E-state index contributed by atoms with van der Waals surface area (Å²) in [6.07, 6.45) is 1.42. The van der Waals surface area contributed by atoms with Gasteiger partial charge in [-0.05, 0) is 36.4 Å². The maximum Gasteiger partial charge on any atom is 0.264 e. The zero-order valence-corrected chi connectivity index (χ0v) is 20.5. The third kappa shape index (κ3) is 5.36. The minimum absolute atomic E-state index is 0.0617. The van der Waals surface area contributed by atoms with Gasteiger partial charge in [-0.3, -0.25) is 9.10 Å². The lowest BCUT2D eigenvalue weighted by molar-refractivity contribution is -0.119. The molecule has 1 N–H and O–H groups in total. The number of amides is 1. The van der Waals surface area contributed by atoms with Crippen molar-refractivity contribution in [1.82, 2.24) is 5.43 Å². The highest BCUT2D eigenvalue weighted by molar-refractivity contribution is 7.92. The molecule has 0 radical (unpaired) electrons. The SMILES string of the molecule is COc1ccc(S(=O)(=O)N(CC(=O)N/N=C\c2cccc3c2OCCO3)c2ccccc2)cc1OC. The molecule has 10 nitrogen and oxygen atoms in total. The zero-order valence-electron chi connectivity index (χ0n) is 19.7. The van der Waals surface area contributed by atoms with E-state index in [0.29, 0.717) is 41.7 Å². The van der Waals surface area contributed by atoms with E-state index < -0.39 is 22.5 Å². The molecule has 1 amide bonds. The summed E-state index contributed by atoms with van der Waals surface area (Å²) in [5.41, 5.74) is 3.32. The number of para-hydroxylation sites is 2.